The molecule has 0 amide bonds. The molecule has 1 heterocycles. The molecule has 2 atom stereocenters. The summed E-state index contributed by atoms with van der Waals surface area (Å²) in [6.07, 6.45) is 9.04. The highest BCUT2D eigenvalue weighted by Crippen LogP contribution is 2.26. The summed E-state index contributed by atoms with van der Waals surface area (Å²) in [5.41, 5.74) is 0. The highest BCUT2D eigenvalue weighted by molar-refractivity contribution is 6.69. The van der Waals surface area contributed by atoms with Crippen molar-refractivity contribution >= 4 is 8.32 Å². The molecule has 0 bridgehead atoms. The molecule has 80 valence electrons. The van der Waals surface area contributed by atoms with Crippen LogP contribution in [0.4, 0.5) is 0 Å². The molecule has 14 heavy (non-hydrogen) atoms. The van der Waals surface area contributed by atoms with E-state index in [1.165, 1.54) is 0 Å². The Balaban J connectivity index is 1.89. The Morgan fingerprint density at radius 3 is 2.57 bits per heavy atom. The van der Waals surface area contributed by atoms with Crippen molar-refractivity contribution in [2.75, 3.05) is 6.61 Å². The van der Waals surface area contributed by atoms with Crippen molar-refractivity contribution in [1.29, 1.82) is 0 Å². The first-order valence-electron chi connectivity index (χ1n) is 5.28. The van der Waals surface area contributed by atoms with Gasteiger partial charge in [-0.05, 0) is 38.9 Å². The molecule has 0 spiro atoms. The molecule has 0 N–H and O–H groups in total. The van der Waals surface area contributed by atoms with Gasteiger partial charge in [0.25, 0.3) is 0 Å². The first-order valence-corrected chi connectivity index (χ1v) is 8.69. The maximum atomic E-state index is 5.74. The number of rotatable bonds is 6. The van der Waals surface area contributed by atoms with Crippen LogP contribution < -0.4 is 0 Å². The summed E-state index contributed by atoms with van der Waals surface area (Å²) >= 11 is 0. The number of terminal acetylenes is 1. The zero-order chi connectivity index (χ0) is 10.6. The maximum Gasteiger partial charge on any atom is 0.183 e. The molecular weight excluding hydrogens is 192 g/mol. The fraction of sp³-hybridized carbons (Fsp3) is 0.818. The normalized spacial score (nSPS) is 25.9. The summed E-state index contributed by atoms with van der Waals surface area (Å²) in [4.78, 5) is 0. The third-order valence-corrected chi connectivity index (χ3v) is 3.23. The topological polar surface area (TPSA) is 21.8 Å². The van der Waals surface area contributed by atoms with E-state index in [1.54, 1.807) is 0 Å². The van der Waals surface area contributed by atoms with E-state index in [9.17, 15) is 0 Å². The van der Waals surface area contributed by atoms with Gasteiger partial charge in [0.2, 0.25) is 0 Å². The molecule has 1 saturated heterocycles. The van der Waals surface area contributed by atoms with Crippen LogP contribution in [0.15, 0.2) is 0 Å². The Morgan fingerprint density at radius 2 is 2.07 bits per heavy atom. The number of unbranched alkanes of at least 4 members (excludes halogenated alkanes) is 1. The Morgan fingerprint density at radius 1 is 1.36 bits per heavy atom. The lowest BCUT2D eigenvalue weighted by atomic mass is 10.1. The lowest BCUT2D eigenvalue weighted by molar-refractivity contribution is 0.293. The minimum absolute atomic E-state index is 0.105. The molecule has 0 aromatic rings. The Labute approximate surface area is 88.1 Å². The Hall–Kier alpha value is -0.303. The number of epoxide rings is 1. The van der Waals surface area contributed by atoms with Crippen LogP contribution in [0.2, 0.25) is 19.6 Å². The van der Waals surface area contributed by atoms with Gasteiger partial charge in [0.15, 0.2) is 8.32 Å². The van der Waals surface area contributed by atoms with E-state index < -0.39 is 8.32 Å². The van der Waals surface area contributed by atoms with E-state index >= 15 is 0 Å². The van der Waals surface area contributed by atoms with E-state index in [1.807, 2.05) is 0 Å². The zero-order valence-electron chi connectivity index (χ0n) is 9.38. The van der Waals surface area contributed by atoms with E-state index in [0.717, 1.165) is 25.9 Å². The summed E-state index contributed by atoms with van der Waals surface area (Å²) in [5, 5.41) is 0. The predicted octanol–water partition coefficient (Wildman–Crippen LogP) is 2.41. The first kappa shape index (κ1) is 11.8. The lowest BCUT2D eigenvalue weighted by Crippen LogP contribution is -2.25. The van der Waals surface area contributed by atoms with Crippen LogP contribution in [0.25, 0.3) is 0 Å². The van der Waals surface area contributed by atoms with Crippen LogP contribution in [0.3, 0.4) is 0 Å². The van der Waals surface area contributed by atoms with Crippen molar-refractivity contribution in [2.24, 2.45) is 0 Å². The summed E-state index contributed by atoms with van der Waals surface area (Å²) in [6.45, 7) is 7.53. The van der Waals surface area contributed by atoms with Gasteiger partial charge in [-0.2, -0.15) is 0 Å². The van der Waals surface area contributed by atoms with Crippen molar-refractivity contribution in [3.8, 4) is 12.3 Å². The summed E-state index contributed by atoms with van der Waals surface area (Å²) in [7, 11) is -1.30. The van der Waals surface area contributed by atoms with Crippen molar-refractivity contribution < 1.29 is 9.16 Å². The smallest absolute Gasteiger partial charge is 0.183 e. The Bertz CT molecular complexity index is 214. The fourth-order valence-corrected chi connectivity index (χ4v) is 2.09. The van der Waals surface area contributed by atoms with Gasteiger partial charge in [-0.1, -0.05) is 5.92 Å². The number of ether oxygens (including phenoxy) is 1. The zero-order valence-corrected chi connectivity index (χ0v) is 10.4. The molecule has 3 heteroatoms. The summed E-state index contributed by atoms with van der Waals surface area (Å²) < 4.78 is 11.0. The van der Waals surface area contributed by atoms with E-state index in [2.05, 4.69) is 25.6 Å². The maximum absolute atomic E-state index is 5.74. The van der Waals surface area contributed by atoms with Crippen LogP contribution in [-0.2, 0) is 9.16 Å². The van der Waals surface area contributed by atoms with Gasteiger partial charge in [-0.15, -0.1) is 6.42 Å². The average Bonchev–Trinajstić information content (AvgIpc) is 2.80. The molecule has 0 unspecified atom stereocenters. The van der Waals surface area contributed by atoms with Crippen LogP contribution in [-0.4, -0.2) is 27.1 Å². The van der Waals surface area contributed by atoms with Gasteiger partial charge in [0, 0.05) is 6.61 Å². The number of hydrogen-bond donors (Lipinski definition) is 0. The van der Waals surface area contributed by atoms with Gasteiger partial charge in [-0.25, -0.2) is 0 Å². The molecule has 0 aliphatic carbocycles. The Kier molecular flexibility index (Phi) is 4.18. The molecule has 1 aliphatic rings. The average molecular weight is 212 g/mol. The van der Waals surface area contributed by atoms with Crippen molar-refractivity contribution in [1.82, 2.24) is 0 Å². The molecule has 0 saturated carbocycles. The third kappa shape index (κ3) is 4.80. The minimum atomic E-state index is -1.30. The molecule has 2 nitrogen and oxygen atoms in total. The first-order chi connectivity index (χ1) is 6.53. The molecule has 1 rings (SSSR count). The second kappa shape index (κ2) is 4.97. The molecule has 0 radical (unpaired) electrons. The van der Waals surface area contributed by atoms with E-state index in [4.69, 9.17) is 15.6 Å². The molecule has 1 aliphatic heterocycles. The van der Waals surface area contributed by atoms with E-state index in [-0.39, 0.29) is 6.10 Å². The van der Waals surface area contributed by atoms with Crippen LogP contribution in [0.5, 0.6) is 0 Å². The highest BCUT2D eigenvalue weighted by Gasteiger charge is 2.35. The second-order valence-electron chi connectivity index (χ2n) is 4.72. The molecule has 0 aromatic heterocycles. The molecule has 1 fully saturated rings. The van der Waals surface area contributed by atoms with Crippen molar-refractivity contribution in [3.05, 3.63) is 0 Å². The minimum Gasteiger partial charge on any atom is -0.418 e. The van der Waals surface area contributed by atoms with Crippen LogP contribution in [0.1, 0.15) is 19.3 Å². The van der Waals surface area contributed by atoms with Crippen LogP contribution in [0, 0.1) is 12.3 Å². The lowest BCUT2D eigenvalue weighted by Gasteiger charge is -2.16. The number of hydrogen-bond acceptors (Lipinski definition) is 2. The van der Waals surface area contributed by atoms with Gasteiger partial charge in [-0.3, -0.25) is 0 Å². The van der Waals surface area contributed by atoms with Crippen molar-refractivity contribution in [3.63, 3.8) is 0 Å². The summed E-state index contributed by atoms with van der Waals surface area (Å²) in [5.74, 6) is 2.61. The standard InChI is InChI=1S/C11H20O2Si/c1-5-10-11(13-10)8-6-7-9-12-14(2,3)4/h1,10-11H,6-9H2,2-4H3/t10-,11-/m1/s1. The monoisotopic (exact) mass is 212 g/mol. The SMILES string of the molecule is C#C[C@H]1O[C@@H]1CCCCO[Si](C)(C)C. The van der Waals surface area contributed by atoms with Gasteiger partial charge in [0.1, 0.15) is 6.10 Å². The summed E-state index contributed by atoms with van der Waals surface area (Å²) in [6, 6.07) is 0. The van der Waals surface area contributed by atoms with Gasteiger partial charge >= 0.3 is 0 Å². The highest BCUT2D eigenvalue weighted by atomic mass is 28.4. The largest absolute Gasteiger partial charge is 0.418 e. The third-order valence-electron chi connectivity index (χ3n) is 2.16. The van der Waals surface area contributed by atoms with E-state index in [0.29, 0.717) is 6.10 Å². The quantitative estimate of drug-likeness (QED) is 0.292. The van der Waals surface area contributed by atoms with Gasteiger partial charge in [0.05, 0.1) is 6.10 Å². The fourth-order valence-electron chi connectivity index (χ4n) is 1.33. The predicted molar refractivity (Wildman–Crippen MR) is 60.6 cm³/mol. The molecular formula is C11H20O2Si. The van der Waals surface area contributed by atoms with Gasteiger partial charge < -0.3 is 9.16 Å². The molecule has 0 aromatic carbocycles. The van der Waals surface area contributed by atoms with Crippen LogP contribution >= 0.6 is 0 Å². The second-order valence-corrected chi connectivity index (χ2v) is 9.23. The van der Waals surface area contributed by atoms with Crippen molar-refractivity contribution in [2.45, 2.75) is 51.1 Å².